The van der Waals surface area contributed by atoms with Gasteiger partial charge < -0.3 is 4.42 Å². The Balaban J connectivity index is 2.64. The van der Waals surface area contributed by atoms with Crippen LogP contribution in [0.3, 0.4) is 0 Å². The standard InChI is InChI=1S/C13H14OS/c1-4-5-10-6-7-12-11(8-10)9(2)13(14-12)15-3/h4-8H,1-3H3/b5-4+. The third-order valence-corrected chi connectivity index (χ3v) is 3.22. The minimum Gasteiger partial charge on any atom is -0.450 e. The van der Waals surface area contributed by atoms with Gasteiger partial charge in [-0.2, -0.15) is 0 Å². The van der Waals surface area contributed by atoms with Gasteiger partial charge in [-0.1, -0.05) is 30.0 Å². The molecular weight excluding hydrogens is 204 g/mol. The quantitative estimate of drug-likeness (QED) is 0.689. The van der Waals surface area contributed by atoms with Crippen LogP contribution in [0.15, 0.2) is 33.8 Å². The molecule has 0 unspecified atom stereocenters. The molecule has 2 rings (SSSR count). The molecule has 1 aromatic carbocycles. The fourth-order valence-corrected chi connectivity index (χ4v) is 2.30. The highest BCUT2D eigenvalue weighted by Crippen LogP contribution is 2.31. The van der Waals surface area contributed by atoms with Crippen molar-refractivity contribution in [1.29, 1.82) is 0 Å². The normalized spacial score (nSPS) is 11.7. The van der Waals surface area contributed by atoms with Gasteiger partial charge in [-0.15, -0.1) is 0 Å². The minimum atomic E-state index is 0.977. The molecule has 1 heterocycles. The monoisotopic (exact) mass is 218 g/mol. The van der Waals surface area contributed by atoms with Crippen molar-refractivity contribution in [2.24, 2.45) is 0 Å². The van der Waals surface area contributed by atoms with E-state index in [0.717, 1.165) is 10.7 Å². The van der Waals surface area contributed by atoms with Gasteiger partial charge in [0.15, 0.2) is 5.09 Å². The predicted molar refractivity (Wildman–Crippen MR) is 67.4 cm³/mol. The van der Waals surface area contributed by atoms with E-state index in [-0.39, 0.29) is 0 Å². The van der Waals surface area contributed by atoms with Crippen molar-refractivity contribution < 1.29 is 4.42 Å². The summed E-state index contributed by atoms with van der Waals surface area (Å²) in [6.07, 6.45) is 6.19. The SMILES string of the molecule is C/C=C/c1ccc2oc(SC)c(C)c2c1. The summed E-state index contributed by atoms with van der Waals surface area (Å²) in [5, 5.41) is 2.23. The Labute approximate surface area is 94.2 Å². The lowest BCUT2D eigenvalue weighted by molar-refractivity contribution is 0.511. The Morgan fingerprint density at radius 3 is 2.80 bits per heavy atom. The lowest BCUT2D eigenvalue weighted by Gasteiger charge is -1.93. The second-order valence-corrected chi connectivity index (χ2v) is 4.25. The van der Waals surface area contributed by atoms with Crippen LogP contribution in [0.4, 0.5) is 0 Å². The van der Waals surface area contributed by atoms with E-state index >= 15 is 0 Å². The van der Waals surface area contributed by atoms with E-state index in [2.05, 4.69) is 25.1 Å². The molecule has 0 aliphatic heterocycles. The molecule has 0 aliphatic rings. The van der Waals surface area contributed by atoms with E-state index in [1.807, 2.05) is 25.3 Å². The summed E-state index contributed by atoms with van der Waals surface area (Å²) in [5.74, 6) is 0. The van der Waals surface area contributed by atoms with Crippen molar-refractivity contribution in [3.05, 3.63) is 35.4 Å². The van der Waals surface area contributed by atoms with Crippen molar-refractivity contribution in [3.63, 3.8) is 0 Å². The first-order valence-corrected chi connectivity index (χ1v) is 6.18. The molecule has 1 aromatic heterocycles. The smallest absolute Gasteiger partial charge is 0.164 e. The Kier molecular flexibility index (Phi) is 2.87. The second-order valence-electron chi connectivity index (χ2n) is 3.47. The number of thioether (sulfide) groups is 1. The lowest BCUT2D eigenvalue weighted by Crippen LogP contribution is -1.73. The van der Waals surface area contributed by atoms with E-state index in [1.165, 1.54) is 16.5 Å². The largest absolute Gasteiger partial charge is 0.450 e. The van der Waals surface area contributed by atoms with Crippen LogP contribution < -0.4 is 0 Å². The first-order chi connectivity index (χ1) is 7.26. The summed E-state index contributed by atoms with van der Waals surface area (Å²) in [4.78, 5) is 0. The van der Waals surface area contributed by atoms with Gasteiger partial charge >= 0.3 is 0 Å². The molecule has 2 heteroatoms. The third kappa shape index (κ3) is 1.82. The fraction of sp³-hybridized carbons (Fsp3) is 0.231. The molecule has 0 atom stereocenters. The molecule has 0 saturated carbocycles. The van der Waals surface area contributed by atoms with Crippen LogP contribution in [0.2, 0.25) is 0 Å². The Morgan fingerprint density at radius 1 is 1.33 bits per heavy atom. The molecule has 78 valence electrons. The summed E-state index contributed by atoms with van der Waals surface area (Å²) in [6.45, 7) is 4.14. The van der Waals surface area contributed by atoms with Crippen molar-refractivity contribution in [2.45, 2.75) is 18.9 Å². The Hall–Kier alpha value is -1.15. The average molecular weight is 218 g/mol. The maximum atomic E-state index is 5.72. The van der Waals surface area contributed by atoms with Crippen molar-refractivity contribution in [1.82, 2.24) is 0 Å². The van der Waals surface area contributed by atoms with E-state index in [4.69, 9.17) is 4.42 Å². The van der Waals surface area contributed by atoms with Crippen LogP contribution in [-0.4, -0.2) is 6.26 Å². The molecular formula is C13H14OS. The molecule has 0 N–H and O–H groups in total. The zero-order chi connectivity index (χ0) is 10.8. The van der Waals surface area contributed by atoms with Crippen LogP contribution in [0.5, 0.6) is 0 Å². The third-order valence-electron chi connectivity index (χ3n) is 2.46. The van der Waals surface area contributed by atoms with Gasteiger partial charge in [0.05, 0.1) is 0 Å². The van der Waals surface area contributed by atoms with Crippen molar-refractivity contribution >= 4 is 28.8 Å². The first kappa shape index (κ1) is 10.4. The van der Waals surface area contributed by atoms with Gasteiger partial charge in [-0.05, 0) is 37.8 Å². The van der Waals surface area contributed by atoms with E-state index in [1.54, 1.807) is 11.8 Å². The highest BCUT2D eigenvalue weighted by atomic mass is 32.2. The van der Waals surface area contributed by atoms with Crippen LogP contribution in [0, 0.1) is 6.92 Å². The van der Waals surface area contributed by atoms with Crippen LogP contribution in [0.25, 0.3) is 17.0 Å². The highest BCUT2D eigenvalue weighted by Gasteiger charge is 2.08. The number of aryl methyl sites for hydroxylation is 1. The molecule has 0 bridgehead atoms. The number of hydrogen-bond acceptors (Lipinski definition) is 2. The van der Waals surface area contributed by atoms with Gasteiger partial charge in [0.2, 0.25) is 0 Å². The Morgan fingerprint density at radius 2 is 2.13 bits per heavy atom. The molecule has 0 saturated heterocycles. The summed E-state index contributed by atoms with van der Waals surface area (Å²) in [7, 11) is 0. The van der Waals surface area contributed by atoms with Crippen molar-refractivity contribution in [3.8, 4) is 0 Å². The molecule has 2 aromatic rings. The van der Waals surface area contributed by atoms with Gasteiger partial charge in [-0.25, -0.2) is 0 Å². The fourth-order valence-electron chi connectivity index (χ4n) is 1.71. The highest BCUT2D eigenvalue weighted by molar-refractivity contribution is 7.98. The second kappa shape index (κ2) is 4.15. The van der Waals surface area contributed by atoms with Crippen molar-refractivity contribution in [2.75, 3.05) is 6.26 Å². The number of hydrogen-bond donors (Lipinski definition) is 0. The average Bonchev–Trinajstić information content (AvgIpc) is 2.56. The molecule has 15 heavy (non-hydrogen) atoms. The van der Waals surface area contributed by atoms with Crippen LogP contribution in [-0.2, 0) is 0 Å². The molecule has 0 aliphatic carbocycles. The maximum Gasteiger partial charge on any atom is 0.164 e. The maximum absolute atomic E-state index is 5.72. The van der Waals surface area contributed by atoms with E-state index < -0.39 is 0 Å². The first-order valence-electron chi connectivity index (χ1n) is 4.96. The number of allylic oxidation sites excluding steroid dienone is 1. The zero-order valence-corrected chi connectivity index (χ0v) is 10.0. The topological polar surface area (TPSA) is 13.1 Å². The molecule has 0 spiro atoms. The minimum absolute atomic E-state index is 0.977. The number of benzene rings is 1. The predicted octanol–water partition coefficient (Wildman–Crippen LogP) is 4.50. The number of furan rings is 1. The van der Waals surface area contributed by atoms with Crippen LogP contribution >= 0.6 is 11.8 Å². The number of rotatable bonds is 2. The van der Waals surface area contributed by atoms with E-state index in [0.29, 0.717) is 0 Å². The summed E-state index contributed by atoms with van der Waals surface area (Å²) in [6, 6.07) is 6.29. The molecule has 0 radical (unpaired) electrons. The van der Waals surface area contributed by atoms with Gasteiger partial charge in [0.1, 0.15) is 5.58 Å². The summed E-state index contributed by atoms with van der Waals surface area (Å²) < 4.78 is 5.72. The van der Waals surface area contributed by atoms with Gasteiger partial charge in [0, 0.05) is 10.9 Å². The van der Waals surface area contributed by atoms with Gasteiger partial charge in [-0.3, -0.25) is 0 Å². The van der Waals surface area contributed by atoms with Gasteiger partial charge in [0.25, 0.3) is 0 Å². The van der Waals surface area contributed by atoms with Crippen LogP contribution in [0.1, 0.15) is 18.1 Å². The lowest BCUT2D eigenvalue weighted by atomic mass is 10.1. The zero-order valence-electron chi connectivity index (χ0n) is 9.20. The summed E-state index contributed by atoms with van der Waals surface area (Å²) >= 11 is 1.66. The Bertz CT molecular complexity index is 508. The molecule has 0 amide bonds. The van der Waals surface area contributed by atoms with E-state index in [9.17, 15) is 0 Å². The number of fused-ring (bicyclic) bond motifs is 1. The molecule has 0 fully saturated rings. The molecule has 1 nitrogen and oxygen atoms in total. The summed E-state index contributed by atoms with van der Waals surface area (Å²) in [5.41, 5.74) is 3.44.